The highest BCUT2D eigenvalue weighted by molar-refractivity contribution is 5.64. The number of hydrogen-bond donors (Lipinski definition) is 1. The van der Waals surface area contributed by atoms with Gasteiger partial charge < -0.3 is 5.32 Å². The van der Waals surface area contributed by atoms with E-state index in [1.165, 1.54) is 0 Å². The number of rotatable bonds is 4. The van der Waals surface area contributed by atoms with E-state index in [0.29, 0.717) is 0 Å². The molecule has 0 saturated carbocycles. The van der Waals surface area contributed by atoms with Crippen molar-refractivity contribution >= 4 is 5.82 Å². The minimum Gasteiger partial charge on any atom is -0.370 e. The second-order valence-corrected chi connectivity index (χ2v) is 4.00. The molecule has 0 aromatic carbocycles. The van der Waals surface area contributed by atoms with Crippen LogP contribution in [0.2, 0.25) is 0 Å². The van der Waals surface area contributed by atoms with Gasteiger partial charge in [-0.1, -0.05) is 6.92 Å². The Kier molecular flexibility index (Phi) is 3.37. The Balaban J connectivity index is 2.35. The van der Waals surface area contributed by atoms with E-state index in [4.69, 9.17) is 0 Å². The molecular formula is C12H17N5. The van der Waals surface area contributed by atoms with Crippen LogP contribution in [0.4, 0.5) is 5.82 Å². The molecule has 2 heterocycles. The van der Waals surface area contributed by atoms with E-state index in [9.17, 15) is 0 Å². The molecule has 5 nitrogen and oxygen atoms in total. The second-order valence-electron chi connectivity index (χ2n) is 4.00. The van der Waals surface area contributed by atoms with Gasteiger partial charge in [0.15, 0.2) is 0 Å². The number of anilines is 1. The Morgan fingerprint density at radius 3 is 2.82 bits per heavy atom. The number of hydrogen-bond acceptors (Lipinski definition) is 4. The van der Waals surface area contributed by atoms with Crippen molar-refractivity contribution < 1.29 is 0 Å². The Bertz CT molecular complexity index is 503. The summed E-state index contributed by atoms with van der Waals surface area (Å²) in [4.78, 5) is 8.56. The lowest BCUT2D eigenvalue weighted by molar-refractivity contribution is 0.769. The SMILES string of the molecule is CCCNc1ncnc(-c2ccn(C)n2)c1C. The van der Waals surface area contributed by atoms with E-state index >= 15 is 0 Å². The monoisotopic (exact) mass is 231 g/mol. The minimum absolute atomic E-state index is 0.881. The molecule has 0 aliphatic rings. The molecule has 0 saturated heterocycles. The summed E-state index contributed by atoms with van der Waals surface area (Å²) < 4.78 is 1.77. The molecule has 2 aromatic heterocycles. The molecule has 2 rings (SSSR count). The van der Waals surface area contributed by atoms with Crippen LogP contribution >= 0.6 is 0 Å². The predicted octanol–water partition coefficient (Wildman–Crippen LogP) is 2.01. The van der Waals surface area contributed by atoms with Gasteiger partial charge in [0, 0.05) is 25.4 Å². The minimum atomic E-state index is 0.881. The topological polar surface area (TPSA) is 55.6 Å². The lowest BCUT2D eigenvalue weighted by Gasteiger charge is -2.09. The van der Waals surface area contributed by atoms with E-state index in [1.54, 1.807) is 11.0 Å². The molecule has 0 radical (unpaired) electrons. The summed E-state index contributed by atoms with van der Waals surface area (Å²) in [6.45, 7) is 5.06. The first-order valence-corrected chi connectivity index (χ1v) is 5.78. The Labute approximate surface area is 101 Å². The maximum Gasteiger partial charge on any atom is 0.132 e. The zero-order chi connectivity index (χ0) is 12.3. The lowest BCUT2D eigenvalue weighted by Crippen LogP contribution is -2.05. The lowest BCUT2D eigenvalue weighted by atomic mass is 10.2. The number of aryl methyl sites for hydroxylation is 1. The van der Waals surface area contributed by atoms with Gasteiger partial charge >= 0.3 is 0 Å². The van der Waals surface area contributed by atoms with Crippen molar-refractivity contribution in [2.45, 2.75) is 20.3 Å². The predicted molar refractivity (Wildman–Crippen MR) is 67.8 cm³/mol. The maximum atomic E-state index is 4.36. The van der Waals surface area contributed by atoms with Gasteiger partial charge in [-0.2, -0.15) is 5.10 Å². The molecule has 0 amide bonds. The summed E-state index contributed by atoms with van der Waals surface area (Å²) in [7, 11) is 1.90. The van der Waals surface area contributed by atoms with Crippen LogP contribution in [0.15, 0.2) is 18.6 Å². The first kappa shape index (κ1) is 11.6. The molecule has 0 unspecified atom stereocenters. The summed E-state index contributed by atoms with van der Waals surface area (Å²) in [5.41, 5.74) is 2.81. The molecule has 0 bridgehead atoms. The van der Waals surface area contributed by atoms with Crippen LogP contribution < -0.4 is 5.32 Å². The maximum absolute atomic E-state index is 4.36. The molecule has 1 N–H and O–H groups in total. The molecule has 2 aromatic rings. The van der Waals surface area contributed by atoms with Gasteiger partial charge in [0.1, 0.15) is 17.8 Å². The first-order chi connectivity index (χ1) is 8.22. The number of nitrogens with one attached hydrogen (secondary N) is 1. The fraction of sp³-hybridized carbons (Fsp3) is 0.417. The Morgan fingerprint density at radius 1 is 1.35 bits per heavy atom. The summed E-state index contributed by atoms with van der Waals surface area (Å²) in [5.74, 6) is 0.891. The van der Waals surface area contributed by atoms with Crippen LogP contribution in [0, 0.1) is 6.92 Å². The van der Waals surface area contributed by atoms with E-state index in [2.05, 4.69) is 27.3 Å². The van der Waals surface area contributed by atoms with Gasteiger partial charge in [-0.15, -0.1) is 0 Å². The fourth-order valence-electron chi connectivity index (χ4n) is 1.67. The molecule has 5 heteroatoms. The van der Waals surface area contributed by atoms with Crippen molar-refractivity contribution in [1.29, 1.82) is 0 Å². The average molecular weight is 231 g/mol. The molecule has 0 aliphatic heterocycles. The van der Waals surface area contributed by atoms with E-state index in [0.717, 1.165) is 35.7 Å². The van der Waals surface area contributed by atoms with Crippen molar-refractivity contribution in [3.05, 3.63) is 24.2 Å². The first-order valence-electron chi connectivity index (χ1n) is 5.78. The van der Waals surface area contributed by atoms with Crippen LogP contribution in [0.1, 0.15) is 18.9 Å². The summed E-state index contributed by atoms with van der Waals surface area (Å²) in [6, 6.07) is 1.96. The van der Waals surface area contributed by atoms with Crippen LogP contribution in [-0.4, -0.2) is 26.3 Å². The second kappa shape index (κ2) is 4.95. The molecule has 0 spiro atoms. The molecule has 0 fully saturated rings. The summed E-state index contributed by atoms with van der Waals surface area (Å²) in [5, 5.41) is 7.66. The van der Waals surface area contributed by atoms with Gasteiger partial charge in [0.2, 0.25) is 0 Å². The highest BCUT2D eigenvalue weighted by Crippen LogP contribution is 2.22. The fourth-order valence-corrected chi connectivity index (χ4v) is 1.67. The smallest absolute Gasteiger partial charge is 0.132 e. The Morgan fingerprint density at radius 2 is 2.18 bits per heavy atom. The summed E-state index contributed by atoms with van der Waals surface area (Å²) >= 11 is 0. The average Bonchev–Trinajstić information content (AvgIpc) is 2.74. The van der Waals surface area contributed by atoms with Gasteiger partial charge in [-0.3, -0.25) is 4.68 Å². The van der Waals surface area contributed by atoms with Gasteiger partial charge in [0.25, 0.3) is 0 Å². The third-order valence-corrected chi connectivity index (χ3v) is 2.58. The quantitative estimate of drug-likeness (QED) is 0.874. The van der Waals surface area contributed by atoms with Gasteiger partial charge in [0.05, 0.1) is 5.69 Å². The van der Waals surface area contributed by atoms with Crippen LogP contribution in [-0.2, 0) is 7.05 Å². The van der Waals surface area contributed by atoms with Gasteiger partial charge in [-0.25, -0.2) is 9.97 Å². The highest BCUT2D eigenvalue weighted by Gasteiger charge is 2.10. The van der Waals surface area contributed by atoms with Crippen molar-refractivity contribution in [3.8, 4) is 11.4 Å². The molecular weight excluding hydrogens is 214 g/mol. The van der Waals surface area contributed by atoms with E-state index in [1.807, 2.05) is 26.2 Å². The zero-order valence-corrected chi connectivity index (χ0v) is 10.4. The van der Waals surface area contributed by atoms with Crippen LogP contribution in [0.25, 0.3) is 11.4 Å². The third kappa shape index (κ3) is 2.43. The standard InChI is InChI=1S/C12H17N5/c1-4-6-13-12-9(2)11(14-8-15-12)10-5-7-17(3)16-10/h5,7-8H,4,6H2,1-3H3,(H,13,14,15). The number of nitrogens with zero attached hydrogens (tertiary/aromatic N) is 4. The van der Waals surface area contributed by atoms with Gasteiger partial charge in [-0.05, 0) is 19.4 Å². The normalized spacial score (nSPS) is 10.5. The zero-order valence-electron chi connectivity index (χ0n) is 10.4. The molecule has 0 atom stereocenters. The molecule has 90 valence electrons. The van der Waals surface area contributed by atoms with E-state index in [-0.39, 0.29) is 0 Å². The van der Waals surface area contributed by atoms with Crippen LogP contribution in [0.5, 0.6) is 0 Å². The summed E-state index contributed by atoms with van der Waals surface area (Å²) in [6.07, 6.45) is 4.56. The number of aromatic nitrogens is 4. The van der Waals surface area contributed by atoms with Crippen molar-refractivity contribution in [1.82, 2.24) is 19.7 Å². The van der Waals surface area contributed by atoms with E-state index < -0.39 is 0 Å². The van der Waals surface area contributed by atoms with Crippen LogP contribution in [0.3, 0.4) is 0 Å². The Hall–Kier alpha value is -1.91. The molecule has 0 aliphatic carbocycles. The third-order valence-electron chi connectivity index (χ3n) is 2.58. The van der Waals surface area contributed by atoms with Crippen molar-refractivity contribution in [3.63, 3.8) is 0 Å². The molecule has 17 heavy (non-hydrogen) atoms. The largest absolute Gasteiger partial charge is 0.370 e. The van der Waals surface area contributed by atoms with Crippen molar-refractivity contribution in [2.75, 3.05) is 11.9 Å². The highest BCUT2D eigenvalue weighted by atomic mass is 15.2. The van der Waals surface area contributed by atoms with Crippen molar-refractivity contribution in [2.24, 2.45) is 7.05 Å².